The fourth-order valence-electron chi connectivity index (χ4n) is 1.90. The first kappa shape index (κ1) is 11.9. The number of nitrogens with one attached hydrogen (secondary N) is 2. The van der Waals surface area contributed by atoms with E-state index >= 15 is 0 Å². The number of hydrogen-bond donors (Lipinski definition) is 2. The zero-order valence-corrected chi connectivity index (χ0v) is 10.4. The van der Waals surface area contributed by atoms with Crippen LogP contribution in [0.1, 0.15) is 10.5 Å². The van der Waals surface area contributed by atoms with E-state index in [0.717, 1.165) is 18.8 Å². The van der Waals surface area contributed by atoms with Crippen molar-refractivity contribution in [1.82, 2.24) is 25.6 Å². The molecule has 2 heterocycles. The number of amides is 1. The van der Waals surface area contributed by atoms with Gasteiger partial charge in [0.1, 0.15) is 0 Å². The monoisotopic (exact) mass is 257 g/mol. The van der Waals surface area contributed by atoms with E-state index in [0.29, 0.717) is 18.2 Å². The molecule has 0 bridgehead atoms. The Labute approximate surface area is 110 Å². The summed E-state index contributed by atoms with van der Waals surface area (Å²) in [7, 11) is 0. The predicted molar refractivity (Wildman–Crippen MR) is 70.1 cm³/mol. The Balaban J connectivity index is 1.65. The Kier molecular flexibility index (Phi) is 3.24. The van der Waals surface area contributed by atoms with Gasteiger partial charge in [0, 0.05) is 25.6 Å². The average Bonchev–Trinajstić information content (AvgIpc) is 2.87. The van der Waals surface area contributed by atoms with Crippen molar-refractivity contribution in [3.05, 3.63) is 42.2 Å². The Hall–Kier alpha value is -2.21. The first-order valence-electron chi connectivity index (χ1n) is 6.29. The van der Waals surface area contributed by atoms with Gasteiger partial charge < -0.3 is 10.6 Å². The van der Waals surface area contributed by atoms with Crippen molar-refractivity contribution in [3.63, 3.8) is 0 Å². The van der Waals surface area contributed by atoms with E-state index in [2.05, 4.69) is 20.9 Å². The minimum atomic E-state index is -0.172. The van der Waals surface area contributed by atoms with Gasteiger partial charge in [-0.1, -0.05) is 23.4 Å². The lowest BCUT2D eigenvalue weighted by Gasteiger charge is -2.26. The highest BCUT2D eigenvalue weighted by molar-refractivity contribution is 5.91. The van der Waals surface area contributed by atoms with Gasteiger partial charge in [-0.3, -0.25) is 4.79 Å². The van der Waals surface area contributed by atoms with Crippen LogP contribution in [0.2, 0.25) is 0 Å². The molecule has 1 fully saturated rings. The summed E-state index contributed by atoms with van der Waals surface area (Å²) < 4.78 is 1.60. The SMILES string of the molecule is O=C(NCC1CNC1)c1cn(-c2ccccc2)nn1. The molecule has 6 heteroatoms. The summed E-state index contributed by atoms with van der Waals surface area (Å²) in [5, 5.41) is 13.9. The Bertz CT molecular complexity index is 561. The van der Waals surface area contributed by atoms with E-state index in [1.54, 1.807) is 10.9 Å². The maximum atomic E-state index is 11.9. The van der Waals surface area contributed by atoms with E-state index in [9.17, 15) is 4.79 Å². The number of benzene rings is 1. The van der Waals surface area contributed by atoms with Gasteiger partial charge in [0.25, 0.3) is 5.91 Å². The first-order chi connectivity index (χ1) is 9.33. The van der Waals surface area contributed by atoms with Crippen molar-refractivity contribution < 1.29 is 4.79 Å². The molecule has 0 unspecified atom stereocenters. The molecular formula is C13H15N5O. The van der Waals surface area contributed by atoms with Gasteiger partial charge >= 0.3 is 0 Å². The zero-order valence-electron chi connectivity index (χ0n) is 10.4. The molecule has 19 heavy (non-hydrogen) atoms. The zero-order chi connectivity index (χ0) is 13.1. The number of rotatable bonds is 4. The smallest absolute Gasteiger partial charge is 0.273 e. The fraction of sp³-hybridized carbons (Fsp3) is 0.308. The molecule has 0 saturated carbocycles. The summed E-state index contributed by atoms with van der Waals surface area (Å²) in [6.07, 6.45) is 1.64. The van der Waals surface area contributed by atoms with Crippen LogP contribution in [0.5, 0.6) is 0 Å². The molecule has 98 valence electrons. The van der Waals surface area contributed by atoms with E-state index < -0.39 is 0 Å². The highest BCUT2D eigenvalue weighted by Crippen LogP contribution is 2.06. The number of nitrogens with zero attached hydrogens (tertiary/aromatic N) is 3. The summed E-state index contributed by atoms with van der Waals surface area (Å²) in [5.74, 6) is 0.363. The number of aromatic nitrogens is 3. The van der Waals surface area contributed by atoms with Crippen molar-refractivity contribution in [2.45, 2.75) is 0 Å². The quantitative estimate of drug-likeness (QED) is 0.821. The summed E-state index contributed by atoms with van der Waals surface area (Å²) >= 11 is 0. The third-order valence-corrected chi connectivity index (χ3v) is 3.16. The van der Waals surface area contributed by atoms with Crippen molar-refractivity contribution in [2.75, 3.05) is 19.6 Å². The van der Waals surface area contributed by atoms with Gasteiger partial charge in [-0.05, 0) is 12.1 Å². The lowest BCUT2D eigenvalue weighted by atomic mass is 10.0. The van der Waals surface area contributed by atoms with Gasteiger partial charge in [0.2, 0.25) is 0 Å². The third-order valence-electron chi connectivity index (χ3n) is 3.16. The van der Waals surface area contributed by atoms with Gasteiger partial charge in [-0.15, -0.1) is 5.10 Å². The highest BCUT2D eigenvalue weighted by Gasteiger charge is 2.18. The van der Waals surface area contributed by atoms with Crippen LogP contribution in [0.25, 0.3) is 5.69 Å². The van der Waals surface area contributed by atoms with Gasteiger partial charge in [-0.25, -0.2) is 4.68 Å². The van der Waals surface area contributed by atoms with E-state index in [1.807, 2.05) is 30.3 Å². The molecule has 0 radical (unpaired) electrons. The third kappa shape index (κ3) is 2.63. The number of para-hydroxylation sites is 1. The molecule has 1 aliphatic heterocycles. The molecule has 2 N–H and O–H groups in total. The summed E-state index contributed by atoms with van der Waals surface area (Å²) in [4.78, 5) is 11.9. The first-order valence-corrected chi connectivity index (χ1v) is 6.29. The van der Waals surface area contributed by atoms with Crippen LogP contribution < -0.4 is 10.6 Å². The van der Waals surface area contributed by atoms with E-state index in [-0.39, 0.29) is 5.91 Å². The normalized spacial score (nSPS) is 14.9. The minimum absolute atomic E-state index is 0.172. The van der Waals surface area contributed by atoms with Crippen LogP contribution in [-0.2, 0) is 0 Å². The molecule has 0 spiro atoms. The Morgan fingerprint density at radius 1 is 1.37 bits per heavy atom. The topological polar surface area (TPSA) is 71.8 Å². The Morgan fingerprint density at radius 3 is 2.84 bits per heavy atom. The van der Waals surface area contributed by atoms with Crippen LogP contribution in [0.4, 0.5) is 0 Å². The molecule has 1 saturated heterocycles. The summed E-state index contributed by atoms with van der Waals surface area (Å²) in [5.41, 5.74) is 1.23. The average molecular weight is 257 g/mol. The van der Waals surface area contributed by atoms with Gasteiger partial charge in [-0.2, -0.15) is 0 Å². The summed E-state index contributed by atoms with van der Waals surface area (Å²) in [6, 6.07) is 9.59. The molecule has 1 aromatic heterocycles. The van der Waals surface area contributed by atoms with Crippen LogP contribution in [0.15, 0.2) is 36.5 Å². The van der Waals surface area contributed by atoms with Crippen molar-refractivity contribution in [2.24, 2.45) is 5.92 Å². The van der Waals surface area contributed by atoms with Crippen molar-refractivity contribution in [3.8, 4) is 5.69 Å². The van der Waals surface area contributed by atoms with Gasteiger partial charge in [0.15, 0.2) is 5.69 Å². The maximum Gasteiger partial charge on any atom is 0.273 e. The molecule has 2 aromatic rings. The second kappa shape index (κ2) is 5.19. The fourth-order valence-corrected chi connectivity index (χ4v) is 1.90. The van der Waals surface area contributed by atoms with Crippen LogP contribution >= 0.6 is 0 Å². The number of carbonyl (C=O) groups excluding carboxylic acids is 1. The molecule has 6 nitrogen and oxygen atoms in total. The van der Waals surface area contributed by atoms with Gasteiger partial charge in [0.05, 0.1) is 11.9 Å². The molecular weight excluding hydrogens is 242 g/mol. The molecule has 1 amide bonds. The van der Waals surface area contributed by atoms with Crippen molar-refractivity contribution in [1.29, 1.82) is 0 Å². The highest BCUT2D eigenvalue weighted by atomic mass is 16.2. The van der Waals surface area contributed by atoms with E-state index in [1.165, 1.54) is 0 Å². The second-order valence-corrected chi connectivity index (χ2v) is 4.62. The number of hydrogen-bond acceptors (Lipinski definition) is 4. The largest absolute Gasteiger partial charge is 0.350 e. The van der Waals surface area contributed by atoms with Crippen molar-refractivity contribution >= 4 is 5.91 Å². The van der Waals surface area contributed by atoms with Crippen LogP contribution in [0.3, 0.4) is 0 Å². The van der Waals surface area contributed by atoms with E-state index in [4.69, 9.17) is 0 Å². The molecule has 0 aliphatic carbocycles. The maximum absolute atomic E-state index is 11.9. The second-order valence-electron chi connectivity index (χ2n) is 4.62. The van der Waals surface area contributed by atoms with Crippen LogP contribution in [-0.4, -0.2) is 40.5 Å². The molecule has 3 rings (SSSR count). The molecule has 1 aromatic carbocycles. The lowest BCUT2D eigenvalue weighted by Crippen LogP contribution is -2.48. The summed E-state index contributed by atoms with van der Waals surface area (Å²) in [6.45, 7) is 2.62. The lowest BCUT2D eigenvalue weighted by molar-refractivity contribution is 0.0937. The standard InChI is InChI=1S/C13H15N5O/c19-13(15-8-10-6-14-7-10)12-9-18(17-16-12)11-4-2-1-3-5-11/h1-5,9-10,14H,6-8H2,(H,15,19). The van der Waals surface area contributed by atoms with Crippen LogP contribution in [0, 0.1) is 5.92 Å². The molecule has 1 aliphatic rings. The predicted octanol–water partition coefficient (Wildman–Crippen LogP) is 0.216. The Morgan fingerprint density at radius 2 is 2.16 bits per heavy atom. The number of carbonyl (C=O) groups is 1. The minimum Gasteiger partial charge on any atom is -0.350 e. The molecule has 0 atom stereocenters.